The van der Waals surface area contributed by atoms with Crippen LogP contribution in [0.4, 0.5) is 0 Å². The topological polar surface area (TPSA) is 17.1 Å². The normalized spacial score (nSPS) is 11.7. The first-order chi connectivity index (χ1) is 5.20. The summed E-state index contributed by atoms with van der Waals surface area (Å²) in [5.41, 5.74) is 1.38. The molecule has 0 aliphatic carbocycles. The Morgan fingerprint density at radius 1 is 1.27 bits per heavy atom. The lowest BCUT2D eigenvalue weighted by Crippen LogP contribution is -1.92. The van der Waals surface area contributed by atoms with Crippen LogP contribution in [0, 0.1) is 0 Å². The lowest BCUT2D eigenvalue weighted by molar-refractivity contribution is -0.118. The Balaban J connectivity index is 3.48. The van der Waals surface area contributed by atoms with Gasteiger partial charge in [0.1, 0.15) is 5.78 Å². The van der Waals surface area contributed by atoms with Crippen molar-refractivity contribution >= 4 is 5.78 Å². The van der Waals surface area contributed by atoms with Gasteiger partial charge in [-0.05, 0) is 19.8 Å². The van der Waals surface area contributed by atoms with Gasteiger partial charge in [-0.25, -0.2) is 0 Å². The summed E-state index contributed by atoms with van der Waals surface area (Å²) in [5.74, 6) is 0.366. The monoisotopic (exact) mass is 154 g/mol. The van der Waals surface area contributed by atoms with Crippen molar-refractivity contribution in [3.05, 3.63) is 11.6 Å². The van der Waals surface area contributed by atoms with E-state index in [0.29, 0.717) is 18.6 Å². The van der Waals surface area contributed by atoms with Crippen molar-refractivity contribution in [2.45, 2.75) is 46.5 Å². The van der Waals surface area contributed by atoms with Crippen LogP contribution >= 0.6 is 0 Å². The highest BCUT2D eigenvalue weighted by molar-refractivity contribution is 5.78. The van der Waals surface area contributed by atoms with E-state index in [0.717, 1.165) is 12.8 Å². The average molecular weight is 154 g/mol. The van der Waals surface area contributed by atoms with Crippen LogP contribution in [0.3, 0.4) is 0 Å². The minimum atomic E-state index is 0.366. The molecule has 0 fully saturated rings. The molecule has 0 spiro atoms. The third kappa shape index (κ3) is 5.84. The molecule has 0 rings (SSSR count). The van der Waals surface area contributed by atoms with Gasteiger partial charge in [0.15, 0.2) is 0 Å². The fraction of sp³-hybridized carbons (Fsp3) is 0.700. The van der Waals surface area contributed by atoms with E-state index >= 15 is 0 Å². The smallest absolute Gasteiger partial charge is 0.132 e. The fourth-order valence-corrected chi connectivity index (χ4v) is 0.801. The maximum atomic E-state index is 10.9. The molecule has 0 aromatic carbocycles. The summed E-state index contributed by atoms with van der Waals surface area (Å²) in [6.07, 6.45) is 5.58. The molecule has 0 atom stereocenters. The van der Waals surface area contributed by atoms with Crippen molar-refractivity contribution in [2.75, 3.05) is 0 Å². The van der Waals surface area contributed by atoms with Crippen LogP contribution in [0.5, 0.6) is 0 Å². The van der Waals surface area contributed by atoms with Crippen LogP contribution < -0.4 is 0 Å². The summed E-state index contributed by atoms with van der Waals surface area (Å²) in [5, 5.41) is 0. The minimum Gasteiger partial charge on any atom is -0.300 e. The number of hydrogen-bond acceptors (Lipinski definition) is 1. The number of hydrogen-bond donors (Lipinski definition) is 0. The fourth-order valence-electron chi connectivity index (χ4n) is 0.801. The van der Waals surface area contributed by atoms with E-state index in [-0.39, 0.29) is 0 Å². The molecule has 0 saturated carbocycles. The van der Waals surface area contributed by atoms with Crippen molar-refractivity contribution in [2.24, 2.45) is 0 Å². The first-order valence-electron chi connectivity index (χ1n) is 4.38. The Morgan fingerprint density at radius 3 is 2.36 bits per heavy atom. The summed E-state index contributed by atoms with van der Waals surface area (Å²) >= 11 is 0. The highest BCUT2D eigenvalue weighted by Crippen LogP contribution is 2.03. The lowest BCUT2D eigenvalue weighted by Gasteiger charge is -1.95. The van der Waals surface area contributed by atoms with Gasteiger partial charge in [0.05, 0.1) is 0 Å². The van der Waals surface area contributed by atoms with Gasteiger partial charge in [-0.2, -0.15) is 0 Å². The van der Waals surface area contributed by atoms with Crippen molar-refractivity contribution in [1.82, 2.24) is 0 Å². The van der Waals surface area contributed by atoms with Gasteiger partial charge >= 0.3 is 0 Å². The van der Waals surface area contributed by atoms with Crippen molar-refractivity contribution in [3.63, 3.8) is 0 Å². The summed E-state index contributed by atoms with van der Waals surface area (Å²) in [4.78, 5) is 10.9. The molecule has 0 N–H and O–H groups in total. The quantitative estimate of drug-likeness (QED) is 0.556. The largest absolute Gasteiger partial charge is 0.300 e. The number of Topliss-reactive ketones (excluding diaryl/α,β-unsaturated/α-hetero) is 1. The van der Waals surface area contributed by atoms with Crippen molar-refractivity contribution in [3.8, 4) is 0 Å². The molecular formula is C10H18O. The van der Waals surface area contributed by atoms with Gasteiger partial charge < -0.3 is 0 Å². The van der Waals surface area contributed by atoms with E-state index < -0.39 is 0 Å². The van der Waals surface area contributed by atoms with E-state index in [2.05, 4.69) is 19.9 Å². The Hall–Kier alpha value is -0.590. The molecule has 0 aliphatic heterocycles. The Bertz CT molecular complexity index is 145. The van der Waals surface area contributed by atoms with Gasteiger partial charge in [0, 0.05) is 12.8 Å². The summed E-state index contributed by atoms with van der Waals surface area (Å²) in [6.45, 7) is 6.16. The van der Waals surface area contributed by atoms with E-state index in [1.54, 1.807) is 0 Å². The summed E-state index contributed by atoms with van der Waals surface area (Å²) in [7, 11) is 0. The molecule has 0 bridgehead atoms. The van der Waals surface area contributed by atoms with Crippen LogP contribution in [0.1, 0.15) is 46.5 Å². The molecule has 0 aliphatic rings. The van der Waals surface area contributed by atoms with Crippen LogP contribution in [-0.4, -0.2) is 5.78 Å². The molecule has 0 aromatic rings. The van der Waals surface area contributed by atoms with E-state index in [1.165, 1.54) is 5.57 Å². The molecule has 0 saturated heterocycles. The van der Waals surface area contributed by atoms with Crippen molar-refractivity contribution < 1.29 is 4.79 Å². The predicted octanol–water partition coefficient (Wildman–Crippen LogP) is 3.10. The number of carbonyl (C=O) groups excluding carboxylic acids is 1. The van der Waals surface area contributed by atoms with Crippen molar-refractivity contribution in [1.29, 1.82) is 0 Å². The zero-order chi connectivity index (χ0) is 8.69. The van der Waals surface area contributed by atoms with Crippen LogP contribution in [0.15, 0.2) is 11.6 Å². The predicted molar refractivity (Wildman–Crippen MR) is 48.6 cm³/mol. The van der Waals surface area contributed by atoms with Gasteiger partial charge in [0.25, 0.3) is 0 Å². The molecule has 1 nitrogen and oxygen atoms in total. The second-order valence-corrected chi connectivity index (χ2v) is 2.83. The first-order valence-corrected chi connectivity index (χ1v) is 4.38. The minimum absolute atomic E-state index is 0.366. The Kier molecular flexibility index (Phi) is 5.81. The second-order valence-electron chi connectivity index (χ2n) is 2.83. The average Bonchev–Trinajstić information content (AvgIpc) is 2.04. The number of rotatable bonds is 5. The second kappa shape index (κ2) is 6.14. The summed E-state index contributed by atoms with van der Waals surface area (Å²) in [6, 6.07) is 0. The van der Waals surface area contributed by atoms with E-state index in [1.807, 2.05) is 6.92 Å². The molecule has 1 heteroatoms. The maximum Gasteiger partial charge on any atom is 0.132 e. The van der Waals surface area contributed by atoms with Crippen LogP contribution in [-0.2, 0) is 4.79 Å². The van der Waals surface area contributed by atoms with Crippen LogP contribution in [0.25, 0.3) is 0 Å². The lowest BCUT2D eigenvalue weighted by atomic mass is 10.1. The molecular weight excluding hydrogens is 136 g/mol. The summed E-state index contributed by atoms with van der Waals surface area (Å²) < 4.78 is 0. The molecule has 0 radical (unpaired) electrons. The molecule has 11 heavy (non-hydrogen) atoms. The Labute approximate surface area is 69.5 Å². The molecule has 0 aromatic heterocycles. The van der Waals surface area contributed by atoms with E-state index in [4.69, 9.17) is 0 Å². The number of ketones is 1. The zero-order valence-corrected chi connectivity index (χ0v) is 7.81. The first kappa shape index (κ1) is 10.4. The highest BCUT2D eigenvalue weighted by atomic mass is 16.1. The Morgan fingerprint density at radius 2 is 1.91 bits per heavy atom. The van der Waals surface area contributed by atoms with Gasteiger partial charge in [0.2, 0.25) is 0 Å². The number of allylic oxidation sites excluding steroid dienone is 2. The third-order valence-corrected chi connectivity index (χ3v) is 1.87. The molecule has 64 valence electrons. The molecule has 0 amide bonds. The third-order valence-electron chi connectivity index (χ3n) is 1.87. The van der Waals surface area contributed by atoms with Gasteiger partial charge in [-0.15, -0.1) is 0 Å². The van der Waals surface area contributed by atoms with Crippen LogP contribution in [0.2, 0.25) is 0 Å². The van der Waals surface area contributed by atoms with Gasteiger partial charge in [-0.3, -0.25) is 4.79 Å². The zero-order valence-electron chi connectivity index (χ0n) is 7.81. The maximum absolute atomic E-state index is 10.9. The molecule has 0 heterocycles. The molecule has 0 unspecified atom stereocenters. The highest BCUT2D eigenvalue weighted by Gasteiger charge is 1.94. The number of carbonyl (C=O) groups is 1. The van der Waals surface area contributed by atoms with E-state index in [9.17, 15) is 4.79 Å². The van der Waals surface area contributed by atoms with Gasteiger partial charge in [-0.1, -0.05) is 25.5 Å². The SMILES string of the molecule is CCC(=O)CC/C=C(\C)CC. The standard InChI is InChI=1S/C10H18O/c1-4-9(3)7-6-8-10(11)5-2/h7H,4-6,8H2,1-3H3/b9-7+.